The summed E-state index contributed by atoms with van der Waals surface area (Å²) in [6.07, 6.45) is 2.06. The smallest absolute Gasteiger partial charge is 0.191 e. The van der Waals surface area contributed by atoms with Gasteiger partial charge in [0.05, 0.1) is 25.9 Å². The zero-order valence-electron chi connectivity index (χ0n) is 18.1. The van der Waals surface area contributed by atoms with Crippen molar-refractivity contribution in [1.82, 2.24) is 19.7 Å². The van der Waals surface area contributed by atoms with Crippen LogP contribution in [0.4, 0.5) is 0 Å². The second kappa shape index (κ2) is 11.3. The fraction of sp³-hybridized carbons (Fsp3) is 0.417. The molecule has 164 valence electrons. The summed E-state index contributed by atoms with van der Waals surface area (Å²) in [5.74, 6) is 2.70. The van der Waals surface area contributed by atoms with Crippen LogP contribution in [0.1, 0.15) is 12.0 Å². The molecule has 31 heavy (non-hydrogen) atoms. The molecule has 0 N–H and O–H groups in total. The zero-order valence-corrected chi connectivity index (χ0v) is 18.9. The van der Waals surface area contributed by atoms with Crippen LogP contribution in [0.2, 0.25) is 0 Å². The van der Waals surface area contributed by atoms with E-state index in [1.54, 1.807) is 18.9 Å². The molecule has 0 atom stereocenters. The van der Waals surface area contributed by atoms with Crippen LogP contribution in [0.3, 0.4) is 0 Å². The van der Waals surface area contributed by atoms with Crippen LogP contribution in [-0.4, -0.2) is 65.4 Å². The molecule has 2 heterocycles. The minimum Gasteiger partial charge on any atom is -0.496 e. The lowest BCUT2D eigenvalue weighted by molar-refractivity contribution is 0.0381. The van der Waals surface area contributed by atoms with E-state index < -0.39 is 0 Å². The van der Waals surface area contributed by atoms with E-state index in [4.69, 9.17) is 9.47 Å². The maximum atomic E-state index is 5.59. The van der Waals surface area contributed by atoms with Crippen molar-refractivity contribution in [2.24, 2.45) is 0 Å². The number of para-hydroxylation sites is 1. The monoisotopic (exact) mass is 438 g/mol. The third-order valence-corrected chi connectivity index (χ3v) is 6.54. The predicted octanol–water partition coefficient (Wildman–Crippen LogP) is 4.01. The van der Waals surface area contributed by atoms with E-state index in [2.05, 4.69) is 56.1 Å². The van der Waals surface area contributed by atoms with E-state index in [1.807, 2.05) is 18.2 Å². The number of morpholine rings is 1. The minimum atomic E-state index is 0.819. The van der Waals surface area contributed by atoms with Crippen molar-refractivity contribution in [3.05, 3.63) is 60.2 Å². The van der Waals surface area contributed by atoms with Gasteiger partial charge in [-0.05, 0) is 37.1 Å². The van der Waals surface area contributed by atoms with Crippen LogP contribution in [-0.2, 0) is 17.7 Å². The van der Waals surface area contributed by atoms with Crippen LogP contribution in [0.5, 0.6) is 5.75 Å². The van der Waals surface area contributed by atoms with Gasteiger partial charge in [0.1, 0.15) is 5.75 Å². The summed E-state index contributed by atoms with van der Waals surface area (Å²) in [5.41, 5.74) is 2.29. The van der Waals surface area contributed by atoms with Crippen LogP contribution in [0.25, 0.3) is 11.4 Å². The molecule has 1 fully saturated rings. The average molecular weight is 439 g/mol. The van der Waals surface area contributed by atoms with Gasteiger partial charge in [0, 0.05) is 25.4 Å². The van der Waals surface area contributed by atoms with E-state index in [0.29, 0.717) is 0 Å². The topological polar surface area (TPSA) is 52.4 Å². The SMILES string of the molecule is COc1ccccc1-c1nnc(SCCCN2CCOCC2)n1CCc1ccccc1. The Labute approximate surface area is 188 Å². The van der Waals surface area contributed by atoms with Crippen molar-refractivity contribution in [1.29, 1.82) is 0 Å². The summed E-state index contributed by atoms with van der Waals surface area (Å²) in [6, 6.07) is 18.6. The van der Waals surface area contributed by atoms with E-state index in [0.717, 1.165) is 80.3 Å². The Morgan fingerprint density at radius 1 is 0.968 bits per heavy atom. The Kier molecular flexibility index (Phi) is 7.98. The molecule has 1 saturated heterocycles. The molecule has 0 bridgehead atoms. The van der Waals surface area contributed by atoms with Gasteiger partial charge in [-0.2, -0.15) is 0 Å². The standard InChI is InChI=1S/C24H30N4O2S/c1-29-22-11-6-5-10-21(22)23-25-26-24(28(23)14-12-20-8-3-2-4-9-20)31-19-7-13-27-15-17-30-18-16-27/h2-6,8-11H,7,12-19H2,1H3. The third-order valence-electron chi connectivity index (χ3n) is 5.49. The first-order chi connectivity index (χ1) is 15.3. The number of aromatic nitrogens is 3. The summed E-state index contributed by atoms with van der Waals surface area (Å²) in [7, 11) is 1.70. The summed E-state index contributed by atoms with van der Waals surface area (Å²) in [4.78, 5) is 2.48. The second-order valence-electron chi connectivity index (χ2n) is 7.55. The number of methoxy groups -OCH3 is 1. The molecule has 0 radical (unpaired) electrons. The predicted molar refractivity (Wildman–Crippen MR) is 125 cm³/mol. The first kappa shape index (κ1) is 21.9. The van der Waals surface area contributed by atoms with E-state index >= 15 is 0 Å². The van der Waals surface area contributed by atoms with Crippen molar-refractivity contribution in [3.8, 4) is 17.1 Å². The van der Waals surface area contributed by atoms with Crippen LogP contribution >= 0.6 is 11.8 Å². The Morgan fingerprint density at radius 3 is 2.55 bits per heavy atom. The fourth-order valence-electron chi connectivity index (χ4n) is 3.79. The lowest BCUT2D eigenvalue weighted by atomic mass is 10.1. The van der Waals surface area contributed by atoms with Crippen molar-refractivity contribution in [3.63, 3.8) is 0 Å². The Balaban J connectivity index is 1.48. The first-order valence-corrected chi connectivity index (χ1v) is 11.9. The molecule has 1 aliphatic rings. The van der Waals surface area contributed by atoms with Crippen LogP contribution in [0.15, 0.2) is 59.8 Å². The van der Waals surface area contributed by atoms with Gasteiger partial charge >= 0.3 is 0 Å². The molecule has 0 amide bonds. The van der Waals surface area contributed by atoms with Crippen molar-refractivity contribution >= 4 is 11.8 Å². The highest BCUT2D eigenvalue weighted by molar-refractivity contribution is 7.99. The summed E-state index contributed by atoms with van der Waals surface area (Å²) in [6.45, 7) is 5.71. The van der Waals surface area contributed by atoms with Crippen molar-refractivity contribution < 1.29 is 9.47 Å². The highest BCUT2D eigenvalue weighted by atomic mass is 32.2. The van der Waals surface area contributed by atoms with Gasteiger partial charge in [-0.25, -0.2) is 0 Å². The van der Waals surface area contributed by atoms with Gasteiger partial charge < -0.3 is 14.0 Å². The largest absolute Gasteiger partial charge is 0.496 e. The van der Waals surface area contributed by atoms with Gasteiger partial charge in [-0.3, -0.25) is 4.90 Å². The molecule has 0 aliphatic carbocycles. The zero-order chi connectivity index (χ0) is 21.3. The third kappa shape index (κ3) is 5.87. The lowest BCUT2D eigenvalue weighted by Gasteiger charge is -2.26. The molecule has 6 nitrogen and oxygen atoms in total. The summed E-state index contributed by atoms with van der Waals surface area (Å²) >= 11 is 1.79. The van der Waals surface area contributed by atoms with Crippen molar-refractivity contribution in [2.75, 3.05) is 45.7 Å². The number of rotatable bonds is 10. The maximum absolute atomic E-state index is 5.59. The van der Waals surface area contributed by atoms with Gasteiger partial charge in [0.25, 0.3) is 0 Å². The molecule has 2 aromatic carbocycles. The van der Waals surface area contributed by atoms with Gasteiger partial charge in [0.15, 0.2) is 11.0 Å². The number of benzene rings is 2. The van der Waals surface area contributed by atoms with Gasteiger partial charge in [-0.1, -0.05) is 54.2 Å². The Morgan fingerprint density at radius 2 is 1.74 bits per heavy atom. The number of nitrogens with zero attached hydrogens (tertiary/aromatic N) is 4. The summed E-state index contributed by atoms with van der Waals surface area (Å²) in [5, 5.41) is 10.1. The Bertz CT molecular complexity index is 942. The quantitative estimate of drug-likeness (QED) is 0.352. The number of hydrogen-bond donors (Lipinski definition) is 0. The molecule has 3 aromatic rings. The van der Waals surface area contributed by atoms with Crippen LogP contribution < -0.4 is 4.74 Å². The number of hydrogen-bond acceptors (Lipinski definition) is 6. The molecule has 4 rings (SSSR count). The van der Waals surface area contributed by atoms with Gasteiger partial charge in [-0.15, -0.1) is 10.2 Å². The van der Waals surface area contributed by atoms with E-state index in [9.17, 15) is 0 Å². The molecule has 1 aliphatic heterocycles. The molecule has 1 aromatic heterocycles. The highest BCUT2D eigenvalue weighted by Crippen LogP contribution is 2.31. The number of ether oxygens (including phenoxy) is 2. The minimum absolute atomic E-state index is 0.819. The van der Waals surface area contributed by atoms with E-state index in [1.165, 1.54) is 5.56 Å². The normalized spacial score (nSPS) is 14.6. The summed E-state index contributed by atoms with van der Waals surface area (Å²) < 4.78 is 13.3. The first-order valence-electron chi connectivity index (χ1n) is 10.9. The van der Waals surface area contributed by atoms with Gasteiger partial charge in [0.2, 0.25) is 0 Å². The molecule has 0 unspecified atom stereocenters. The number of thioether (sulfide) groups is 1. The van der Waals surface area contributed by atoms with E-state index in [-0.39, 0.29) is 0 Å². The number of aryl methyl sites for hydroxylation is 1. The molecule has 0 saturated carbocycles. The molecular formula is C24H30N4O2S. The molecule has 7 heteroatoms. The average Bonchev–Trinajstić information content (AvgIpc) is 3.24. The highest BCUT2D eigenvalue weighted by Gasteiger charge is 2.18. The Hall–Kier alpha value is -2.35. The second-order valence-corrected chi connectivity index (χ2v) is 8.61. The molecule has 0 spiro atoms. The van der Waals surface area contributed by atoms with Crippen molar-refractivity contribution in [2.45, 2.75) is 24.5 Å². The van der Waals surface area contributed by atoms with Crippen LogP contribution in [0, 0.1) is 0 Å². The maximum Gasteiger partial charge on any atom is 0.191 e. The molecular weight excluding hydrogens is 408 g/mol. The fourth-order valence-corrected chi connectivity index (χ4v) is 4.68. The lowest BCUT2D eigenvalue weighted by Crippen LogP contribution is -2.36.